The molecule has 3 rings (SSSR count). The normalized spacial score (nSPS) is 19.1. The van der Waals surface area contributed by atoms with E-state index in [2.05, 4.69) is 21.3 Å². The van der Waals surface area contributed by atoms with Gasteiger partial charge in [-0.3, -0.25) is 0 Å². The summed E-state index contributed by atoms with van der Waals surface area (Å²) in [4.78, 5) is 20.7. The topological polar surface area (TPSA) is 57.7 Å². The molecule has 2 saturated heterocycles. The third kappa shape index (κ3) is 3.88. The maximum atomic E-state index is 12.1. The Morgan fingerprint density at radius 1 is 1.18 bits per heavy atom. The first-order valence-electron chi connectivity index (χ1n) is 8.13. The van der Waals surface area contributed by atoms with Gasteiger partial charge >= 0.3 is 6.03 Å². The molecular weight excluding hydrogens is 280 g/mol. The highest BCUT2D eigenvalue weighted by Crippen LogP contribution is 2.18. The number of nitrogens with one attached hydrogen (secondary N) is 1. The van der Waals surface area contributed by atoms with Crippen molar-refractivity contribution in [2.75, 3.05) is 44.3 Å². The summed E-state index contributed by atoms with van der Waals surface area (Å²) in [5, 5.41) is 2.98. The van der Waals surface area contributed by atoms with Crippen molar-refractivity contribution in [2.45, 2.75) is 25.8 Å². The van der Waals surface area contributed by atoms with Crippen LogP contribution in [0.1, 0.15) is 24.8 Å². The van der Waals surface area contributed by atoms with Gasteiger partial charge in [-0.25, -0.2) is 9.78 Å². The summed E-state index contributed by atoms with van der Waals surface area (Å²) in [6, 6.07) is 4.04. The van der Waals surface area contributed by atoms with Crippen molar-refractivity contribution in [3.63, 3.8) is 0 Å². The maximum Gasteiger partial charge on any atom is 0.317 e. The van der Waals surface area contributed by atoms with Crippen molar-refractivity contribution in [1.82, 2.24) is 15.2 Å². The average Bonchev–Trinajstić information content (AvgIpc) is 2.61. The van der Waals surface area contributed by atoms with Crippen molar-refractivity contribution in [3.05, 3.63) is 23.9 Å². The number of nitrogens with zero attached hydrogens (tertiary/aromatic N) is 3. The number of amides is 2. The van der Waals surface area contributed by atoms with Crippen LogP contribution in [0.15, 0.2) is 18.3 Å². The van der Waals surface area contributed by atoms with Gasteiger partial charge < -0.3 is 19.9 Å². The van der Waals surface area contributed by atoms with E-state index in [-0.39, 0.29) is 6.03 Å². The lowest BCUT2D eigenvalue weighted by Gasteiger charge is -2.28. The Balaban J connectivity index is 1.54. The van der Waals surface area contributed by atoms with Crippen molar-refractivity contribution < 1.29 is 9.53 Å². The van der Waals surface area contributed by atoms with Crippen LogP contribution in [0.5, 0.6) is 0 Å². The molecule has 2 fully saturated rings. The lowest BCUT2D eigenvalue weighted by atomic mass is 10.1. The minimum Gasteiger partial charge on any atom is -0.378 e. The Labute approximate surface area is 131 Å². The van der Waals surface area contributed by atoms with Crippen LogP contribution in [-0.2, 0) is 11.3 Å². The molecule has 0 unspecified atom stereocenters. The van der Waals surface area contributed by atoms with Gasteiger partial charge in [-0.15, -0.1) is 0 Å². The van der Waals surface area contributed by atoms with Gasteiger partial charge in [0.15, 0.2) is 0 Å². The fourth-order valence-electron chi connectivity index (χ4n) is 2.92. The number of anilines is 1. The number of rotatable bonds is 3. The van der Waals surface area contributed by atoms with Crippen LogP contribution in [0.2, 0.25) is 0 Å². The Hall–Kier alpha value is -1.82. The Bertz CT molecular complexity index is 497. The van der Waals surface area contributed by atoms with Gasteiger partial charge in [-0.1, -0.05) is 0 Å². The highest BCUT2D eigenvalue weighted by atomic mass is 16.5. The van der Waals surface area contributed by atoms with E-state index < -0.39 is 0 Å². The minimum atomic E-state index is -0.0142. The van der Waals surface area contributed by atoms with E-state index in [1.165, 1.54) is 19.3 Å². The van der Waals surface area contributed by atoms with E-state index in [1.54, 1.807) is 4.90 Å². The molecule has 1 N–H and O–H groups in total. The first-order chi connectivity index (χ1) is 10.8. The van der Waals surface area contributed by atoms with Gasteiger partial charge in [-0.2, -0.15) is 0 Å². The highest BCUT2D eigenvalue weighted by molar-refractivity contribution is 5.74. The number of ether oxygens (including phenoxy) is 1. The molecule has 120 valence electrons. The van der Waals surface area contributed by atoms with Crippen molar-refractivity contribution >= 4 is 11.8 Å². The monoisotopic (exact) mass is 304 g/mol. The van der Waals surface area contributed by atoms with Crippen LogP contribution in [0.4, 0.5) is 10.6 Å². The largest absolute Gasteiger partial charge is 0.378 e. The van der Waals surface area contributed by atoms with Crippen molar-refractivity contribution in [2.24, 2.45) is 0 Å². The van der Waals surface area contributed by atoms with Gasteiger partial charge in [0.25, 0.3) is 0 Å². The number of aromatic nitrogens is 1. The molecule has 0 saturated carbocycles. The van der Waals surface area contributed by atoms with E-state index in [0.29, 0.717) is 32.8 Å². The third-order valence-corrected chi connectivity index (χ3v) is 4.23. The van der Waals surface area contributed by atoms with Gasteiger partial charge in [0.05, 0.1) is 13.2 Å². The third-order valence-electron chi connectivity index (χ3n) is 4.23. The first kappa shape index (κ1) is 15.1. The quantitative estimate of drug-likeness (QED) is 0.922. The molecule has 2 aliphatic heterocycles. The number of morpholine rings is 1. The predicted molar refractivity (Wildman–Crippen MR) is 84.9 cm³/mol. The summed E-state index contributed by atoms with van der Waals surface area (Å²) >= 11 is 0. The molecule has 3 heterocycles. The van der Waals surface area contributed by atoms with Crippen molar-refractivity contribution in [1.29, 1.82) is 0 Å². The van der Waals surface area contributed by atoms with Crippen LogP contribution >= 0.6 is 0 Å². The van der Waals surface area contributed by atoms with Gasteiger partial charge in [0.1, 0.15) is 5.82 Å². The predicted octanol–water partition coefficient (Wildman–Crippen LogP) is 1.61. The minimum absolute atomic E-state index is 0.0142. The fourth-order valence-corrected chi connectivity index (χ4v) is 2.92. The molecule has 0 radical (unpaired) electrons. The molecule has 22 heavy (non-hydrogen) atoms. The zero-order valence-corrected chi connectivity index (χ0v) is 13.0. The van der Waals surface area contributed by atoms with E-state index >= 15 is 0 Å². The smallest absolute Gasteiger partial charge is 0.317 e. The van der Waals surface area contributed by atoms with E-state index in [9.17, 15) is 4.79 Å². The van der Waals surface area contributed by atoms with E-state index in [0.717, 1.165) is 24.5 Å². The molecule has 1 aromatic rings. The Kier molecular flexibility index (Phi) is 5.11. The number of pyridine rings is 1. The standard InChI is InChI=1S/C16H24N4O2/c21-16(20-8-10-22-11-9-20)18-13-14-4-5-17-15(12-14)19-6-2-1-3-7-19/h4-5,12H,1-3,6-11,13H2,(H,18,21). The van der Waals surface area contributed by atoms with E-state index in [1.807, 2.05) is 12.3 Å². The van der Waals surface area contributed by atoms with Gasteiger partial charge in [-0.05, 0) is 37.0 Å². The lowest BCUT2D eigenvalue weighted by molar-refractivity contribution is 0.0531. The fraction of sp³-hybridized carbons (Fsp3) is 0.625. The SMILES string of the molecule is O=C(NCc1ccnc(N2CCCCC2)c1)N1CCOCC1. The molecule has 0 spiro atoms. The van der Waals surface area contributed by atoms with Crippen LogP contribution in [0.3, 0.4) is 0 Å². The molecule has 0 bridgehead atoms. The Morgan fingerprint density at radius 2 is 1.95 bits per heavy atom. The highest BCUT2D eigenvalue weighted by Gasteiger charge is 2.16. The number of carbonyl (C=O) groups excluding carboxylic acids is 1. The summed E-state index contributed by atoms with van der Waals surface area (Å²) in [6.07, 6.45) is 5.62. The summed E-state index contributed by atoms with van der Waals surface area (Å²) in [7, 11) is 0. The number of carbonyl (C=O) groups is 1. The average molecular weight is 304 g/mol. The van der Waals surface area contributed by atoms with Crippen LogP contribution in [0.25, 0.3) is 0 Å². The lowest BCUT2D eigenvalue weighted by Crippen LogP contribution is -2.45. The van der Waals surface area contributed by atoms with Crippen LogP contribution in [0, 0.1) is 0 Å². The second-order valence-corrected chi connectivity index (χ2v) is 5.83. The van der Waals surface area contributed by atoms with E-state index in [4.69, 9.17) is 4.74 Å². The van der Waals surface area contributed by atoms with Gasteiger partial charge in [0, 0.05) is 38.9 Å². The zero-order valence-electron chi connectivity index (χ0n) is 13.0. The molecule has 2 amide bonds. The number of urea groups is 1. The number of hydrogen-bond acceptors (Lipinski definition) is 4. The number of piperidine rings is 1. The van der Waals surface area contributed by atoms with Gasteiger partial charge in [0.2, 0.25) is 0 Å². The maximum absolute atomic E-state index is 12.1. The molecule has 0 atom stereocenters. The molecule has 2 aliphatic rings. The molecule has 6 heteroatoms. The zero-order chi connectivity index (χ0) is 15.2. The first-order valence-corrected chi connectivity index (χ1v) is 8.13. The van der Waals surface area contributed by atoms with Crippen molar-refractivity contribution in [3.8, 4) is 0 Å². The molecule has 0 aromatic carbocycles. The molecule has 1 aromatic heterocycles. The molecular formula is C16H24N4O2. The Morgan fingerprint density at radius 3 is 2.73 bits per heavy atom. The summed E-state index contributed by atoms with van der Waals surface area (Å²) < 4.78 is 5.26. The summed E-state index contributed by atoms with van der Waals surface area (Å²) in [6.45, 7) is 5.29. The second-order valence-electron chi connectivity index (χ2n) is 5.83. The summed E-state index contributed by atoms with van der Waals surface area (Å²) in [5.74, 6) is 1.03. The van der Waals surface area contributed by atoms with Crippen LogP contribution in [-0.4, -0.2) is 55.3 Å². The molecule has 0 aliphatic carbocycles. The summed E-state index contributed by atoms with van der Waals surface area (Å²) in [5.41, 5.74) is 1.09. The molecule has 6 nitrogen and oxygen atoms in total. The second kappa shape index (κ2) is 7.45. The van der Waals surface area contributed by atoms with Crippen LogP contribution < -0.4 is 10.2 Å². The number of hydrogen-bond donors (Lipinski definition) is 1.